The maximum atomic E-state index is 5.97. The molecule has 0 aliphatic heterocycles. The van der Waals surface area contributed by atoms with E-state index in [9.17, 15) is 0 Å². The highest BCUT2D eigenvalue weighted by Crippen LogP contribution is 2.38. The molecule has 124 valence electrons. The lowest BCUT2D eigenvalue weighted by atomic mass is 10.1. The van der Waals surface area contributed by atoms with Gasteiger partial charge in [-0.25, -0.2) is 9.97 Å². The normalized spacial score (nSPS) is 11.0. The Bertz CT molecular complexity index is 994. The van der Waals surface area contributed by atoms with Gasteiger partial charge >= 0.3 is 0 Å². The number of rotatable bonds is 4. The number of aromatic nitrogens is 2. The van der Waals surface area contributed by atoms with Gasteiger partial charge < -0.3 is 8.83 Å². The minimum Gasteiger partial charge on any atom is -0.441 e. The number of halogens is 1. The fraction of sp³-hybridized carbons (Fsp3) is 0.0526. The smallest absolute Gasteiger partial charge is 0.228 e. The van der Waals surface area contributed by atoms with E-state index in [0.717, 1.165) is 11.1 Å². The molecule has 2 heterocycles. The number of oxazole rings is 2. The van der Waals surface area contributed by atoms with Gasteiger partial charge in [-0.3, -0.25) is 0 Å². The molecule has 6 heteroatoms. The Morgan fingerprint density at radius 2 is 1.68 bits per heavy atom. The van der Waals surface area contributed by atoms with E-state index >= 15 is 0 Å². The van der Waals surface area contributed by atoms with Crippen molar-refractivity contribution in [1.82, 2.24) is 9.97 Å². The quantitative estimate of drug-likeness (QED) is 0.411. The zero-order chi connectivity index (χ0) is 17.2. The third kappa shape index (κ3) is 3.08. The zero-order valence-corrected chi connectivity index (χ0v) is 14.8. The van der Waals surface area contributed by atoms with E-state index in [2.05, 4.69) is 9.97 Å². The highest BCUT2D eigenvalue weighted by atomic mass is 35.5. The van der Waals surface area contributed by atoms with Gasteiger partial charge in [-0.05, 0) is 30.5 Å². The van der Waals surface area contributed by atoms with Crippen LogP contribution in [0, 0.1) is 0 Å². The SMILES string of the molecule is CSc1oc(-c2ccccc2)nc1-c1ocnc1-c1ccc(Cl)cc1. The fourth-order valence-corrected chi connectivity index (χ4v) is 3.14. The first-order valence-electron chi connectivity index (χ1n) is 7.56. The summed E-state index contributed by atoms with van der Waals surface area (Å²) < 4.78 is 11.6. The molecule has 0 aliphatic rings. The van der Waals surface area contributed by atoms with Crippen LogP contribution < -0.4 is 0 Å². The second-order valence-corrected chi connectivity index (χ2v) is 6.48. The Balaban J connectivity index is 1.82. The van der Waals surface area contributed by atoms with Crippen LogP contribution in [0.2, 0.25) is 5.02 Å². The van der Waals surface area contributed by atoms with Gasteiger partial charge in [-0.15, -0.1) is 0 Å². The van der Waals surface area contributed by atoms with Crippen LogP contribution in [0.1, 0.15) is 0 Å². The van der Waals surface area contributed by atoms with Crippen LogP contribution >= 0.6 is 23.4 Å². The van der Waals surface area contributed by atoms with Crippen LogP contribution in [0.25, 0.3) is 34.2 Å². The van der Waals surface area contributed by atoms with Gasteiger partial charge in [0.1, 0.15) is 5.69 Å². The van der Waals surface area contributed by atoms with Crippen LogP contribution in [-0.2, 0) is 0 Å². The van der Waals surface area contributed by atoms with Crippen LogP contribution in [0.15, 0.2) is 74.9 Å². The lowest BCUT2D eigenvalue weighted by Gasteiger charge is -2.00. The molecule has 0 saturated carbocycles. The third-order valence-electron chi connectivity index (χ3n) is 3.70. The molecule has 2 aromatic carbocycles. The Morgan fingerprint density at radius 1 is 0.920 bits per heavy atom. The summed E-state index contributed by atoms with van der Waals surface area (Å²) >= 11 is 7.45. The first kappa shape index (κ1) is 16.0. The highest BCUT2D eigenvalue weighted by molar-refractivity contribution is 7.98. The Hall–Kier alpha value is -2.50. The largest absolute Gasteiger partial charge is 0.441 e. The molecule has 25 heavy (non-hydrogen) atoms. The number of thioether (sulfide) groups is 1. The van der Waals surface area contributed by atoms with Crippen molar-refractivity contribution < 1.29 is 8.83 Å². The van der Waals surface area contributed by atoms with Gasteiger partial charge in [0.2, 0.25) is 5.89 Å². The van der Waals surface area contributed by atoms with Gasteiger partial charge in [-0.1, -0.05) is 53.7 Å². The van der Waals surface area contributed by atoms with Gasteiger partial charge in [-0.2, -0.15) is 0 Å². The number of hydrogen-bond acceptors (Lipinski definition) is 5. The summed E-state index contributed by atoms with van der Waals surface area (Å²) in [6.45, 7) is 0. The third-order valence-corrected chi connectivity index (χ3v) is 4.60. The summed E-state index contributed by atoms with van der Waals surface area (Å²) in [4.78, 5) is 9.00. The van der Waals surface area contributed by atoms with Gasteiger partial charge in [0.25, 0.3) is 0 Å². The molecule has 0 radical (unpaired) electrons. The Labute approximate surface area is 153 Å². The van der Waals surface area contributed by atoms with E-state index in [-0.39, 0.29) is 0 Å². The molecular formula is C19H13ClN2O2S. The standard InChI is InChI=1S/C19H13ClN2O2S/c1-25-19-16(22-18(24-19)13-5-3-2-4-6-13)17-15(21-11-23-17)12-7-9-14(20)10-8-12/h2-11H,1H3. The minimum absolute atomic E-state index is 0.554. The predicted octanol–water partition coefficient (Wildman–Crippen LogP) is 6.04. The second kappa shape index (κ2) is 6.78. The molecule has 0 fully saturated rings. The number of nitrogens with zero attached hydrogens (tertiary/aromatic N) is 2. The molecule has 2 aromatic heterocycles. The summed E-state index contributed by atoms with van der Waals surface area (Å²) in [5.74, 6) is 1.14. The highest BCUT2D eigenvalue weighted by Gasteiger charge is 2.22. The zero-order valence-electron chi connectivity index (χ0n) is 13.3. The summed E-state index contributed by atoms with van der Waals surface area (Å²) in [5.41, 5.74) is 3.18. The van der Waals surface area contributed by atoms with E-state index in [0.29, 0.717) is 33.2 Å². The maximum Gasteiger partial charge on any atom is 0.228 e. The maximum absolute atomic E-state index is 5.97. The predicted molar refractivity (Wildman–Crippen MR) is 99.7 cm³/mol. The van der Waals surface area contributed by atoms with E-state index in [1.165, 1.54) is 18.2 Å². The molecule has 0 bridgehead atoms. The Morgan fingerprint density at radius 3 is 2.40 bits per heavy atom. The summed E-state index contributed by atoms with van der Waals surface area (Å²) in [5, 5.41) is 1.36. The molecule has 0 spiro atoms. The van der Waals surface area contributed by atoms with Crippen LogP contribution in [0.3, 0.4) is 0 Å². The van der Waals surface area contributed by atoms with Crippen molar-refractivity contribution in [2.24, 2.45) is 0 Å². The lowest BCUT2D eigenvalue weighted by Crippen LogP contribution is -1.84. The van der Waals surface area contributed by atoms with Crippen molar-refractivity contribution in [3.8, 4) is 34.2 Å². The van der Waals surface area contributed by atoms with Crippen LogP contribution in [-0.4, -0.2) is 16.2 Å². The second-order valence-electron chi connectivity index (χ2n) is 5.26. The van der Waals surface area contributed by atoms with Gasteiger partial charge in [0.05, 0.1) is 0 Å². The van der Waals surface area contributed by atoms with Crippen LogP contribution in [0.4, 0.5) is 0 Å². The van der Waals surface area contributed by atoms with Crippen molar-refractivity contribution in [2.45, 2.75) is 5.09 Å². The monoisotopic (exact) mass is 368 g/mol. The van der Waals surface area contributed by atoms with Crippen molar-refractivity contribution in [2.75, 3.05) is 6.26 Å². The first-order chi connectivity index (χ1) is 12.3. The molecule has 4 aromatic rings. The number of benzene rings is 2. The van der Waals surface area contributed by atoms with E-state index in [1.807, 2.05) is 60.9 Å². The number of hydrogen-bond donors (Lipinski definition) is 0. The average Bonchev–Trinajstić information content (AvgIpc) is 3.29. The molecule has 0 amide bonds. The molecule has 0 saturated heterocycles. The van der Waals surface area contributed by atoms with E-state index in [1.54, 1.807) is 0 Å². The van der Waals surface area contributed by atoms with Crippen molar-refractivity contribution in [3.63, 3.8) is 0 Å². The molecule has 4 nitrogen and oxygen atoms in total. The lowest BCUT2D eigenvalue weighted by molar-refractivity contribution is 0.483. The molecule has 0 atom stereocenters. The summed E-state index contributed by atoms with van der Waals surface area (Å²) in [7, 11) is 0. The summed E-state index contributed by atoms with van der Waals surface area (Å²) in [6.07, 6.45) is 3.36. The molecule has 0 aliphatic carbocycles. The van der Waals surface area contributed by atoms with Crippen molar-refractivity contribution >= 4 is 23.4 Å². The molecule has 0 unspecified atom stereocenters. The summed E-state index contributed by atoms with van der Waals surface area (Å²) in [6, 6.07) is 17.2. The van der Waals surface area contributed by atoms with Gasteiger partial charge in [0, 0.05) is 16.1 Å². The van der Waals surface area contributed by atoms with E-state index in [4.69, 9.17) is 20.4 Å². The molecule has 0 N–H and O–H groups in total. The average molecular weight is 369 g/mol. The fourth-order valence-electron chi connectivity index (χ4n) is 2.52. The minimum atomic E-state index is 0.554. The topological polar surface area (TPSA) is 52.1 Å². The first-order valence-corrected chi connectivity index (χ1v) is 9.16. The Kier molecular flexibility index (Phi) is 4.34. The molecular weight excluding hydrogens is 356 g/mol. The molecule has 4 rings (SSSR count). The van der Waals surface area contributed by atoms with Crippen LogP contribution in [0.5, 0.6) is 0 Å². The van der Waals surface area contributed by atoms with Crippen molar-refractivity contribution in [3.05, 3.63) is 66.0 Å². The van der Waals surface area contributed by atoms with Gasteiger partial charge in [0.15, 0.2) is 22.9 Å². The van der Waals surface area contributed by atoms with E-state index < -0.39 is 0 Å². The van der Waals surface area contributed by atoms with Crippen molar-refractivity contribution in [1.29, 1.82) is 0 Å².